The van der Waals surface area contributed by atoms with Crippen molar-refractivity contribution in [2.45, 2.75) is 19.9 Å². The predicted molar refractivity (Wildman–Crippen MR) is 83.1 cm³/mol. The number of benzene rings is 2. The van der Waals surface area contributed by atoms with Crippen molar-refractivity contribution in [3.05, 3.63) is 60.2 Å². The quantitative estimate of drug-likeness (QED) is 0.788. The molecule has 1 N–H and O–H groups in total. The molecule has 0 radical (unpaired) electrons. The van der Waals surface area contributed by atoms with Crippen LogP contribution in [0.3, 0.4) is 0 Å². The fraction of sp³-hybridized carbons (Fsp3) is 0.235. The number of imidazole rings is 1. The molecule has 0 fully saturated rings. The van der Waals surface area contributed by atoms with Crippen molar-refractivity contribution < 1.29 is 4.39 Å². The molecule has 0 bridgehead atoms. The first kappa shape index (κ1) is 13.8. The molecular formula is C17H18FN3. The standard InChI is InChI=1S/C17H18FN3/c1-3-19-12(2)17-13(18)7-6-10-16(17)21-11-20-14-8-4-5-9-15(14)21/h4-12,19H,3H2,1-2H3. The van der Waals surface area contributed by atoms with Crippen molar-refractivity contribution in [1.29, 1.82) is 0 Å². The maximum atomic E-state index is 14.3. The highest BCUT2D eigenvalue weighted by atomic mass is 19.1. The molecule has 3 nitrogen and oxygen atoms in total. The monoisotopic (exact) mass is 283 g/mol. The van der Waals surface area contributed by atoms with Gasteiger partial charge in [-0.05, 0) is 37.7 Å². The normalized spacial score (nSPS) is 12.7. The molecule has 4 heteroatoms. The Labute approximate surface area is 123 Å². The third kappa shape index (κ3) is 2.43. The summed E-state index contributed by atoms with van der Waals surface area (Å²) < 4.78 is 16.3. The van der Waals surface area contributed by atoms with Crippen LogP contribution in [0, 0.1) is 5.82 Å². The van der Waals surface area contributed by atoms with E-state index in [2.05, 4.69) is 10.3 Å². The number of aromatic nitrogens is 2. The summed E-state index contributed by atoms with van der Waals surface area (Å²) in [5.74, 6) is -0.196. The average Bonchev–Trinajstić information content (AvgIpc) is 2.91. The SMILES string of the molecule is CCNC(C)c1c(F)cccc1-n1cnc2ccccc21. The molecule has 0 spiro atoms. The van der Waals surface area contributed by atoms with Crippen LogP contribution in [-0.2, 0) is 0 Å². The molecule has 0 aliphatic carbocycles. The molecule has 0 aliphatic heterocycles. The van der Waals surface area contributed by atoms with Gasteiger partial charge in [-0.15, -0.1) is 0 Å². The number of hydrogen-bond donors (Lipinski definition) is 1. The van der Waals surface area contributed by atoms with Crippen molar-refractivity contribution in [3.8, 4) is 5.69 Å². The van der Waals surface area contributed by atoms with Gasteiger partial charge in [0.25, 0.3) is 0 Å². The van der Waals surface area contributed by atoms with Gasteiger partial charge in [-0.3, -0.25) is 4.57 Å². The minimum Gasteiger partial charge on any atom is -0.310 e. The number of fused-ring (bicyclic) bond motifs is 1. The minimum absolute atomic E-state index is 0.0626. The molecule has 3 rings (SSSR count). The number of hydrogen-bond acceptors (Lipinski definition) is 2. The summed E-state index contributed by atoms with van der Waals surface area (Å²) in [6.07, 6.45) is 1.75. The third-order valence-electron chi connectivity index (χ3n) is 3.69. The molecule has 2 aromatic carbocycles. The highest BCUT2D eigenvalue weighted by Gasteiger charge is 2.17. The zero-order chi connectivity index (χ0) is 14.8. The summed E-state index contributed by atoms with van der Waals surface area (Å²) >= 11 is 0. The maximum Gasteiger partial charge on any atom is 0.130 e. The van der Waals surface area contributed by atoms with E-state index in [9.17, 15) is 4.39 Å². The Hall–Kier alpha value is -2.20. The van der Waals surface area contributed by atoms with E-state index in [4.69, 9.17) is 0 Å². The highest BCUT2D eigenvalue weighted by molar-refractivity contribution is 5.77. The first-order valence-electron chi connectivity index (χ1n) is 7.16. The van der Waals surface area contributed by atoms with Crippen LogP contribution in [0.25, 0.3) is 16.7 Å². The molecule has 0 aliphatic rings. The van der Waals surface area contributed by atoms with Crippen molar-refractivity contribution in [2.75, 3.05) is 6.54 Å². The smallest absolute Gasteiger partial charge is 0.130 e. The first-order chi connectivity index (χ1) is 10.2. The lowest BCUT2D eigenvalue weighted by atomic mass is 10.0. The molecule has 21 heavy (non-hydrogen) atoms. The van der Waals surface area contributed by atoms with E-state index in [0.717, 1.165) is 23.3 Å². The molecular weight excluding hydrogens is 265 g/mol. The van der Waals surface area contributed by atoms with Crippen LogP contribution in [0.5, 0.6) is 0 Å². The fourth-order valence-electron chi connectivity index (χ4n) is 2.72. The van der Waals surface area contributed by atoms with Gasteiger partial charge >= 0.3 is 0 Å². The molecule has 0 saturated carbocycles. The van der Waals surface area contributed by atoms with Gasteiger partial charge in [0.15, 0.2) is 0 Å². The van der Waals surface area contributed by atoms with E-state index >= 15 is 0 Å². The third-order valence-corrected chi connectivity index (χ3v) is 3.69. The second-order valence-electron chi connectivity index (χ2n) is 5.06. The Morgan fingerprint density at radius 2 is 2.00 bits per heavy atom. The van der Waals surface area contributed by atoms with E-state index in [1.165, 1.54) is 6.07 Å². The van der Waals surface area contributed by atoms with Crippen molar-refractivity contribution in [3.63, 3.8) is 0 Å². The van der Waals surface area contributed by atoms with Gasteiger partial charge < -0.3 is 5.32 Å². The number of halogens is 1. The summed E-state index contributed by atoms with van der Waals surface area (Å²) in [6.45, 7) is 4.79. The van der Waals surface area contributed by atoms with Gasteiger partial charge in [0.05, 0.1) is 16.7 Å². The molecule has 3 aromatic rings. The lowest BCUT2D eigenvalue weighted by Gasteiger charge is -2.19. The predicted octanol–water partition coefficient (Wildman–Crippen LogP) is 3.84. The molecule has 1 aromatic heterocycles. The highest BCUT2D eigenvalue weighted by Crippen LogP contribution is 2.27. The number of rotatable bonds is 4. The van der Waals surface area contributed by atoms with E-state index in [-0.39, 0.29) is 11.9 Å². The van der Waals surface area contributed by atoms with Crippen molar-refractivity contribution in [2.24, 2.45) is 0 Å². The van der Waals surface area contributed by atoms with E-state index < -0.39 is 0 Å². The molecule has 0 amide bonds. The Morgan fingerprint density at radius 1 is 1.19 bits per heavy atom. The van der Waals surface area contributed by atoms with Crippen LogP contribution < -0.4 is 5.32 Å². The largest absolute Gasteiger partial charge is 0.310 e. The number of nitrogens with one attached hydrogen (secondary N) is 1. The molecule has 1 atom stereocenters. The summed E-state index contributed by atoms with van der Waals surface area (Å²) in [5, 5.41) is 3.28. The zero-order valence-electron chi connectivity index (χ0n) is 12.2. The van der Waals surface area contributed by atoms with Crippen LogP contribution in [0.4, 0.5) is 4.39 Å². The molecule has 1 unspecified atom stereocenters. The summed E-state index contributed by atoms with van der Waals surface area (Å²) in [4.78, 5) is 4.39. The van der Waals surface area contributed by atoms with Gasteiger partial charge in [0.2, 0.25) is 0 Å². The van der Waals surface area contributed by atoms with Crippen LogP contribution in [-0.4, -0.2) is 16.1 Å². The Kier molecular flexibility index (Phi) is 3.71. The maximum absolute atomic E-state index is 14.3. The van der Waals surface area contributed by atoms with E-state index in [1.807, 2.05) is 48.7 Å². The van der Waals surface area contributed by atoms with Crippen LogP contribution in [0.2, 0.25) is 0 Å². The van der Waals surface area contributed by atoms with Gasteiger partial charge in [-0.25, -0.2) is 9.37 Å². The Bertz CT molecular complexity index is 764. The topological polar surface area (TPSA) is 29.9 Å². The van der Waals surface area contributed by atoms with Gasteiger partial charge in [-0.2, -0.15) is 0 Å². The summed E-state index contributed by atoms with van der Waals surface area (Å²) in [7, 11) is 0. The van der Waals surface area contributed by atoms with Crippen LogP contribution >= 0.6 is 0 Å². The molecule has 0 saturated heterocycles. The summed E-state index contributed by atoms with van der Waals surface area (Å²) in [6, 6.07) is 13.0. The van der Waals surface area contributed by atoms with Gasteiger partial charge in [0.1, 0.15) is 12.1 Å². The molecule has 1 heterocycles. The number of nitrogens with zero attached hydrogens (tertiary/aromatic N) is 2. The Balaban J connectivity index is 2.20. The van der Waals surface area contributed by atoms with Gasteiger partial charge in [-0.1, -0.05) is 25.1 Å². The second kappa shape index (κ2) is 5.66. The number of para-hydroxylation sites is 2. The zero-order valence-corrected chi connectivity index (χ0v) is 12.2. The first-order valence-corrected chi connectivity index (χ1v) is 7.16. The minimum atomic E-state index is -0.196. The summed E-state index contributed by atoms with van der Waals surface area (Å²) in [5.41, 5.74) is 3.39. The van der Waals surface area contributed by atoms with E-state index in [1.54, 1.807) is 12.4 Å². The fourth-order valence-corrected chi connectivity index (χ4v) is 2.72. The van der Waals surface area contributed by atoms with Crippen LogP contribution in [0.1, 0.15) is 25.5 Å². The average molecular weight is 283 g/mol. The molecule has 108 valence electrons. The van der Waals surface area contributed by atoms with Crippen LogP contribution in [0.15, 0.2) is 48.8 Å². The second-order valence-corrected chi connectivity index (χ2v) is 5.06. The Morgan fingerprint density at radius 3 is 2.81 bits per heavy atom. The van der Waals surface area contributed by atoms with Crippen molar-refractivity contribution >= 4 is 11.0 Å². The lowest BCUT2D eigenvalue weighted by molar-refractivity contribution is 0.538. The lowest BCUT2D eigenvalue weighted by Crippen LogP contribution is -2.20. The van der Waals surface area contributed by atoms with Gasteiger partial charge in [0, 0.05) is 11.6 Å². The van der Waals surface area contributed by atoms with Crippen molar-refractivity contribution in [1.82, 2.24) is 14.9 Å². The van der Waals surface area contributed by atoms with E-state index in [0.29, 0.717) is 5.56 Å².